The van der Waals surface area contributed by atoms with E-state index in [9.17, 15) is 4.79 Å². The molecule has 0 saturated carbocycles. The lowest BCUT2D eigenvalue weighted by molar-refractivity contribution is 0.0918. The van der Waals surface area contributed by atoms with Gasteiger partial charge in [-0.25, -0.2) is 4.79 Å². The van der Waals surface area contributed by atoms with Crippen molar-refractivity contribution in [3.8, 4) is 0 Å². The van der Waals surface area contributed by atoms with Crippen LogP contribution in [0.15, 0.2) is 24.3 Å². The molecule has 92 valence electrons. The number of carbonyl (C=O) groups excluding carboxylic acids is 1. The van der Waals surface area contributed by atoms with E-state index in [1.807, 2.05) is 31.2 Å². The topological polar surface area (TPSA) is 41.6 Å². The molecule has 1 N–H and O–H groups in total. The summed E-state index contributed by atoms with van der Waals surface area (Å²) in [5.41, 5.74) is 2.22. The fraction of sp³-hybridized carbons (Fsp3) is 0.462. The first-order valence-corrected chi connectivity index (χ1v) is 5.94. The fourth-order valence-corrected chi connectivity index (χ4v) is 1.89. The van der Waals surface area contributed by atoms with Gasteiger partial charge in [-0.3, -0.25) is 0 Å². The maximum atomic E-state index is 11.7. The number of nitrogens with one attached hydrogen (secondary N) is 1. The monoisotopic (exact) mass is 234 g/mol. The SMILES string of the molecule is Cc1cccc(COC(=O)N2CCNCC2)c1. The van der Waals surface area contributed by atoms with Crippen LogP contribution in [0.1, 0.15) is 11.1 Å². The Kier molecular flexibility index (Phi) is 3.98. The van der Waals surface area contributed by atoms with Crippen molar-refractivity contribution in [1.82, 2.24) is 10.2 Å². The van der Waals surface area contributed by atoms with Crippen molar-refractivity contribution in [3.63, 3.8) is 0 Å². The number of hydrogen-bond acceptors (Lipinski definition) is 3. The Morgan fingerprint density at radius 2 is 2.18 bits per heavy atom. The first kappa shape index (κ1) is 11.9. The molecule has 1 aromatic carbocycles. The van der Waals surface area contributed by atoms with E-state index in [0.29, 0.717) is 6.61 Å². The molecule has 2 rings (SSSR count). The predicted octanol–water partition coefficient (Wildman–Crippen LogP) is 1.54. The Hall–Kier alpha value is -1.55. The highest BCUT2D eigenvalue weighted by Crippen LogP contribution is 2.07. The molecule has 0 aromatic heterocycles. The zero-order valence-electron chi connectivity index (χ0n) is 10.1. The maximum absolute atomic E-state index is 11.7. The predicted molar refractivity (Wildman–Crippen MR) is 65.8 cm³/mol. The van der Waals surface area contributed by atoms with E-state index in [4.69, 9.17) is 4.74 Å². The van der Waals surface area contributed by atoms with Gasteiger partial charge in [0, 0.05) is 26.2 Å². The minimum atomic E-state index is -0.215. The summed E-state index contributed by atoms with van der Waals surface area (Å²) in [7, 11) is 0. The first-order chi connectivity index (χ1) is 8.25. The lowest BCUT2D eigenvalue weighted by Gasteiger charge is -2.26. The summed E-state index contributed by atoms with van der Waals surface area (Å²) in [5.74, 6) is 0. The lowest BCUT2D eigenvalue weighted by atomic mass is 10.1. The van der Waals surface area contributed by atoms with E-state index < -0.39 is 0 Å². The van der Waals surface area contributed by atoms with E-state index in [1.54, 1.807) is 4.90 Å². The van der Waals surface area contributed by atoms with E-state index in [0.717, 1.165) is 31.7 Å². The normalized spacial score (nSPS) is 15.7. The molecule has 1 aliphatic rings. The second-order valence-corrected chi connectivity index (χ2v) is 4.28. The second-order valence-electron chi connectivity index (χ2n) is 4.28. The number of ether oxygens (including phenoxy) is 1. The number of aryl methyl sites for hydroxylation is 1. The number of piperazine rings is 1. The zero-order chi connectivity index (χ0) is 12.1. The van der Waals surface area contributed by atoms with Gasteiger partial charge >= 0.3 is 6.09 Å². The molecule has 1 fully saturated rings. The Labute approximate surface area is 102 Å². The summed E-state index contributed by atoms with van der Waals surface area (Å²) < 4.78 is 5.28. The van der Waals surface area contributed by atoms with Crippen molar-refractivity contribution < 1.29 is 9.53 Å². The van der Waals surface area contributed by atoms with Gasteiger partial charge in [0.05, 0.1) is 0 Å². The van der Waals surface area contributed by atoms with Crippen LogP contribution in [-0.2, 0) is 11.3 Å². The van der Waals surface area contributed by atoms with Crippen LogP contribution in [0.5, 0.6) is 0 Å². The van der Waals surface area contributed by atoms with E-state index in [1.165, 1.54) is 5.56 Å². The molecule has 17 heavy (non-hydrogen) atoms. The largest absolute Gasteiger partial charge is 0.445 e. The number of nitrogens with zero attached hydrogens (tertiary/aromatic N) is 1. The third-order valence-corrected chi connectivity index (χ3v) is 2.82. The third-order valence-electron chi connectivity index (χ3n) is 2.82. The Morgan fingerprint density at radius 3 is 2.88 bits per heavy atom. The number of rotatable bonds is 2. The lowest BCUT2D eigenvalue weighted by Crippen LogP contribution is -2.46. The maximum Gasteiger partial charge on any atom is 0.410 e. The van der Waals surface area contributed by atoms with Crippen LogP contribution in [0.4, 0.5) is 4.79 Å². The van der Waals surface area contributed by atoms with E-state index in [2.05, 4.69) is 5.32 Å². The standard InChI is InChI=1S/C13H18N2O2/c1-11-3-2-4-12(9-11)10-17-13(16)15-7-5-14-6-8-15/h2-4,9,14H,5-8,10H2,1H3. The average molecular weight is 234 g/mol. The average Bonchev–Trinajstić information content (AvgIpc) is 2.37. The molecule has 4 heteroatoms. The van der Waals surface area contributed by atoms with Gasteiger partial charge in [-0.05, 0) is 12.5 Å². The van der Waals surface area contributed by atoms with Crippen molar-refractivity contribution >= 4 is 6.09 Å². The van der Waals surface area contributed by atoms with Crippen molar-refractivity contribution in [1.29, 1.82) is 0 Å². The Balaban J connectivity index is 1.83. The van der Waals surface area contributed by atoms with Crippen molar-refractivity contribution in [3.05, 3.63) is 35.4 Å². The van der Waals surface area contributed by atoms with Crippen LogP contribution < -0.4 is 5.32 Å². The van der Waals surface area contributed by atoms with Gasteiger partial charge in [0.25, 0.3) is 0 Å². The van der Waals surface area contributed by atoms with Gasteiger partial charge in [0.15, 0.2) is 0 Å². The molecule has 1 saturated heterocycles. The highest BCUT2D eigenvalue weighted by molar-refractivity contribution is 5.67. The van der Waals surface area contributed by atoms with Crippen LogP contribution in [0.2, 0.25) is 0 Å². The van der Waals surface area contributed by atoms with Gasteiger partial charge < -0.3 is 15.0 Å². The van der Waals surface area contributed by atoms with Crippen molar-refractivity contribution in [2.45, 2.75) is 13.5 Å². The molecule has 0 aliphatic carbocycles. The molecule has 4 nitrogen and oxygen atoms in total. The molecule has 0 radical (unpaired) electrons. The fourth-order valence-electron chi connectivity index (χ4n) is 1.89. The summed E-state index contributed by atoms with van der Waals surface area (Å²) in [6.07, 6.45) is -0.215. The smallest absolute Gasteiger partial charge is 0.410 e. The number of amides is 1. The van der Waals surface area contributed by atoms with Crippen LogP contribution in [0, 0.1) is 6.92 Å². The number of carbonyl (C=O) groups is 1. The molecule has 0 atom stereocenters. The number of hydrogen-bond donors (Lipinski definition) is 1. The molecular formula is C13H18N2O2. The van der Waals surface area contributed by atoms with Gasteiger partial charge in [-0.2, -0.15) is 0 Å². The molecule has 1 aliphatic heterocycles. The van der Waals surface area contributed by atoms with Crippen molar-refractivity contribution in [2.75, 3.05) is 26.2 Å². The quantitative estimate of drug-likeness (QED) is 0.844. The Morgan fingerprint density at radius 1 is 1.41 bits per heavy atom. The Bertz CT molecular complexity index is 387. The summed E-state index contributed by atoms with van der Waals surface area (Å²) >= 11 is 0. The van der Waals surface area contributed by atoms with Gasteiger partial charge in [0.2, 0.25) is 0 Å². The van der Waals surface area contributed by atoms with E-state index in [-0.39, 0.29) is 6.09 Å². The van der Waals surface area contributed by atoms with Crippen molar-refractivity contribution in [2.24, 2.45) is 0 Å². The molecular weight excluding hydrogens is 216 g/mol. The summed E-state index contributed by atoms with van der Waals surface area (Å²) in [5, 5.41) is 3.20. The summed E-state index contributed by atoms with van der Waals surface area (Å²) in [4.78, 5) is 13.5. The minimum Gasteiger partial charge on any atom is -0.445 e. The minimum absolute atomic E-state index is 0.215. The molecule has 0 spiro atoms. The van der Waals surface area contributed by atoms with Crippen LogP contribution >= 0.6 is 0 Å². The molecule has 1 heterocycles. The second kappa shape index (κ2) is 5.68. The zero-order valence-corrected chi connectivity index (χ0v) is 10.1. The van der Waals surface area contributed by atoms with Crippen LogP contribution in [0.25, 0.3) is 0 Å². The molecule has 0 bridgehead atoms. The first-order valence-electron chi connectivity index (χ1n) is 5.94. The third kappa shape index (κ3) is 3.46. The van der Waals surface area contributed by atoms with E-state index >= 15 is 0 Å². The molecule has 0 unspecified atom stereocenters. The molecule has 1 amide bonds. The number of benzene rings is 1. The summed E-state index contributed by atoms with van der Waals surface area (Å²) in [6.45, 7) is 5.53. The van der Waals surface area contributed by atoms with Crippen LogP contribution in [0.3, 0.4) is 0 Å². The van der Waals surface area contributed by atoms with Gasteiger partial charge in [-0.1, -0.05) is 29.8 Å². The highest BCUT2D eigenvalue weighted by Gasteiger charge is 2.17. The highest BCUT2D eigenvalue weighted by atomic mass is 16.6. The van der Waals surface area contributed by atoms with Gasteiger partial charge in [-0.15, -0.1) is 0 Å². The summed E-state index contributed by atoms with van der Waals surface area (Å²) in [6, 6.07) is 8.01. The van der Waals surface area contributed by atoms with Gasteiger partial charge in [0.1, 0.15) is 6.61 Å². The molecule has 1 aromatic rings. The van der Waals surface area contributed by atoms with Crippen LogP contribution in [-0.4, -0.2) is 37.2 Å².